The monoisotopic (exact) mass is 872 g/mol. The summed E-state index contributed by atoms with van der Waals surface area (Å²) in [6.07, 6.45) is 10.4. The summed E-state index contributed by atoms with van der Waals surface area (Å²) in [4.78, 5) is 41.5. The Balaban J connectivity index is 0.980. The number of unbranched alkanes of at least 4 members (excludes halogenated alkanes) is 3. The van der Waals surface area contributed by atoms with Gasteiger partial charge in [-0.15, -0.1) is 0 Å². The number of amides is 3. The number of para-hydroxylation sites is 2. The molecule has 2 saturated heterocycles. The van der Waals surface area contributed by atoms with Crippen LogP contribution in [0.2, 0.25) is 0 Å². The molecule has 2 aliphatic heterocycles. The Labute approximate surface area is 379 Å². The molecule has 0 spiro atoms. The predicted octanol–water partition coefficient (Wildman–Crippen LogP) is 9.51. The first-order valence-corrected chi connectivity index (χ1v) is 23.6. The highest BCUT2D eigenvalue weighted by atomic mass is 16.7. The maximum atomic E-state index is 13.9. The lowest BCUT2D eigenvalue weighted by molar-refractivity contribution is -0.255. The lowest BCUT2D eigenvalue weighted by atomic mass is 9.75. The number of likely N-dealkylation sites (tertiary alicyclic amines) is 1. The zero-order valence-electron chi connectivity index (χ0n) is 38.0. The largest absolute Gasteiger partial charge is 0.397 e. The maximum Gasteiger partial charge on any atom is 0.237 e. The van der Waals surface area contributed by atoms with E-state index in [9.17, 15) is 19.5 Å². The van der Waals surface area contributed by atoms with Crippen LogP contribution in [0.1, 0.15) is 139 Å². The zero-order chi connectivity index (χ0) is 45.1. The van der Waals surface area contributed by atoms with Gasteiger partial charge in [-0.05, 0) is 117 Å². The molecule has 0 bridgehead atoms. The molecule has 3 amide bonds. The minimum absolute atomic E-state index is 0.0103. The van der Waals surface area contributed by atoms with Gasteiger partial charge in [0.25, 0.3) is 0 Å². The average molecular weight is 872 g/mol. The molecule has 1 saturated carbocycles. The first kappa shape index (κ1) is 46.9. The van der Waals surface area contributed by atoms with Gasteiger partial charge < -0.3 is 36.3 Å². The number of nitrogen functional groups attached to an aromatic ring is 1. The molecule has 4 aromatic carbocycles. The first-order chi connectivity index (χ1) is 30.9. The number of aliphatic hydroxyl groups is 1. The summed E-state index contributed by atoms with van der Waals surface area (Å²) in [7, 11) is 0. The van der Waals surface area contributed by atoms with Crippen molar-refractivity contribution in [1.29, 1.82) is 0 Å². The van der Waals surface area contributed by atoms with Gasteiger partial charge in [0, 0.05) is 49.5 Å². The lowest BCUT2D eigenvalue weighted by Gasteiger charge is -2.50. The van der Waals surface area contributed by atoms with Gasteiger partial charge in [-0.3, -0.25) is 19.3 Å². The molecule has 4 aromatic rings. The topological polar surface area (TPSA) is 155 Å². The number of anilines is 2. The second-order valence-corrected chi connectivity index (χ2v) is 19.1. The molecule has 7 rings (SSSR count). The highest BCUT2D eigenvalue weighted by Gasteiger charge is 2.44. The summed E-state index contributed by atoms with van der Waals surface area (Å²) in [6, 6.07) is 31.9. The SMILES string of the molecule is CC(C)(C)NC(=O)[C@H]1CC[C@H]2CCCC[C@H]2N1C[C@H]1C[C@@H](c2ccc(CO)cc2)O[C@@H](c2cccc(-c3cccc(CNC(=O)CCCCCCC(=O)Nc4ccccc4N)c3)c2)O1. The van der Waals surface area contributed by atoms with Crippen LogP contribution in [0.5, 0.6) is 0 Å². The summed E-state index contributed by atoms with van der Waals surface area (Å²) in [5, 5.41) is 19.0. The minimum atomic E-state index is -0.636. The van der Waals surface area contributed by atoms with Gasteiger partial charge >= 0.3 is 0 Å². The van der Waals surface area contributed by atoms with E-state index < -0.39 is 6.29 Å². The van der Waals surface area contributed by atoms with Gasteiger partial charge in [-0.25, -0.2) is 0 Å². The van der Waals surface area contributed by atoms with Gasteiger partial charge in [0.15, 0.2) is 6.29 Å². The molecule has 3 aliphatic rings. The number of carbonyl (C=O) groups is 3. The minimum Gasteiger partial charge on any atom is -0.397 e. The standard InChI is InChI=1S/C53H69N5O6/c1-53(2,3)57-51(62)47-29-28-38-15-8-11-21-46(38)58(47)34-43-32-48(39-26-24-36(35-59)25-27-39)64-52(63-43)42-18-13-17-41(31-42)40-16-12-14-37(30-40)33-55-49(60)22-6-4-5-7-23-50(61)56-45-20-10-9-19-44(45)54/h9-10,12-14,16-20,24-27,30-31,38,43,46-48,52,59H,4-8,11,15,21-23,28-29,32-35,54H2,1-3H3,(H,55,60)(H,56,61)(H,57,62)/t38-,43-,46-,47-,48+,52+/m1/s1. The van der Waals surface area contributed by atoms with Crippen LogP contribution in [0.15, 0.2) is 97.1 Å². The Kier molecular flexibility index (Phi) is 16.3. The second-order valence-electron chi connectivity index (χ2n) is 19.1. The highest BCUT2D eigenvalue weighted by molar-refractivity contribution is 5.93. The van der Waals surface area contributed by atoms with Crippen molar-refractivity contribution in [1.82, 2.24) is 15.5 Å². The molecule has 2 heterocycles. The van der Waals surface area contributed by atoms with Crippen LogP contribution in [0.25, 0.3) is 11.1 Å². The molecule has 342 valence electrons. The van der Waals surface area contributed by atoms with Crippen molar-refractivity contribution < 1.29 is 29.0 Å². The summed E-state index contributed by atoms with van der Waals surface area (Å²) < 4.78 is 13.8. The average Bonchev–Trinajstić information content (AvgIpc) is 3.29. The van der Waals surface area contributed by atoms with E-state index in [0.29, 0.717) is 55.7 Å². The Morgan fingerprint density at radius 3 is 2.22 bits per heavy atom. The first-order valence-electron chi connectivity index (χ1n) is 23.6. The molecular formula is C53H69N5O6. The van der Waals surface area contributed by atoms with Crippen LogP contribution in [0.4, 0.5) is 11.4 Å². The number of hydrogen-bond acceptors (Lipinski definition) is 8. The summed E-state index contributed by atoms with van der Waals surface area (Å²) >= 11 is 0. The molecule has 0 unspecified atom stereocenters. The van der Waals surface area contributed by atoms with E-state index in [1.54, 1.807) is 12.1 Å². The van der Waals surface area contributed by atoms with Crippen molar-refractivity contribution >= 4 is 29.1 Å². The van der Waals surface area contributed by atoms with E-state index in [-0.39, 0.29) is 48.1 Å². The smallest absolute Gasteiger partial charge is 0.237 e. The number of fused-ring (bicyclic) bond motifs is 1. The highest BCUT2D eigenvalue weighted by Crippen LogP contribution is 2.42. The van der Waals surface area contributed by atoms with Crippen molar-refractivity contribution in [3.63, 3.8) is 0 Å². The van der Waals surface area contributed by atoms with Crippen LogP contribution in [0, 0.1) is 5.92 Å². The number of nitrogens with zero attached hydrogens (tertiary/aromatic N) is 1. The molecule has 6 atom stereocenters. The van der Waals surface area contributed by atoms with Gasteiger partial charge in [0.1, 0.15) is 0 Å². The van der Waals surface area contributed by atoms with Crippen LogP contribution in [-0.4, -0.2) is 58.0 Å². The Hall–Kier alpha value is -5.07. The molecule has 0 aromatic heterocycles. The Bertz CT molecular complexity index is 2170. The van der Waals surface area contributed by atoms with E-state index in [2.05, 4.69) is 51.2 Å². The Morgan fingerprint density at radius 2 is 1.47 bits per heavy atom. The fraction of sp³-hybridized carbons (Fsp3) is 0.491. The molecule has 11 nitrogen and oxygen atoms in total. The Morgan fingerprint density at radius 1 is 0.750 bits per heavy atom. The number of rotatable bonds is 17. The fourth-order valence-electron chi connectivity index (χ4n) is 9.76. The molecule has 3 fully saturated rings. The van der Waals surface area contributed by atoms with Gasteiger partial charge in [-0.1, -0.05) is 98.5 Å². The molecule has 64 heavy (non-hydrogen) atoms. The van der Waals surface area contributed by atoms with Crippen molar-refractivity contribution in [2.24, 2.45) is 5.92 Å². The second kappa shape index (κ2) is 22.2. The maximum absolute atomic E-state index is 13.9. The fourth-order valence-corrected chi connectivity index (χ4v) is 9.76. The summed E-state index contributed by atoms with van der Waals surface area (Å²) in [5.74, 6) is 0.653. The third kappa shape index (κ3) is 13.0. The van der Waals surface area contributed by atoms with E-state index >= 15 is 0 Å². The number of nitrogens with two attached hydrogens (primary N) is 1. The number of piperidine rings is 1. The molecular weight excluding hydrogens is 803 g/mol. The van der Waals surface area contributed by atoms with Gasteiger partial charge in [-0.2, -0.15) is 0 Å². The van der Waals surface area contributed by atoms with E-state index in [0.717, 1.165) is 78.3 Å². The quantitative estimate of drug-likeness (QED) is 0.0519. The van der Waals surface area contributed by atoms with Crippen molar-refractivity contribution in [2.45, 2.75) is 154 Å². The van der Waals surface area contributed by atoms with Crippen LogP contribution < -0.4 is 21.7 Å². The number of hydrogen-bond donors (Lipinski definition) is 5. The molecule has 0 radical (unpaired) electrons. The zero-order valence-corrected chi connectivity index (χ0v) is 38.0. The van der Waals surface area contributed by atoms with Crippen LogP contribution >= 0.6 is 0 Å². The van der Waals surface area contributed by atoms with E-state index in [4.69, 9.17) is 15.2 Å². The third-order valence-electron chi connectivity index (χ3n) is 13.0. The number of ether oxygens (including phenoxy) is 2. The van der Waals surface area contributed by atoms with Crippen molar-refractivity contribution in [2.75, 3.05) is 17.6 Å². The van der Waals surface area contributed by atoms with E-state index in [1.165, 1.54) is 19.3 Å². The van der Waals surface area contributed by atoms with E-state index in [1.807, 2.05) is 75.4 Å². The molecule has 6 N–H and O–H groups in total. The number of carbonyl (C=O) groups excluding carboxylic acids is 3. The van der Waals surface area contributed by atoms with Gasteiger partial charge in [0.2, 0.25) is 17.7 Å². The summed E-state index contributed by atoms with van der Waals surface area (Å²) in [5.41, 5.74) is 12.6. The van der Waals surface area contributed by atoms with Crippen LogP contribution in [-0.2, 0) is 37.0 Å². The normalized spacial score (nSPS) is 22.6. The summed E-state index contributed by atoms with van der Waals surface area (Å²) in [6.45, 7) is 7.19. The number of nitrogens with one attached hydrogen (secondary N) is 3. The lowest BCUT2D eigenvalue weighted by Crippen LogP contribution is -2.61. The van der Waals surface area contributed by atoms with Crippen molar-refractivity contribution in [3.05, 3.63) is 119 Å². The third-order valence-corrected chi connectivity index (χ3v) is 13.0. The molecule has 11 heteroatoms. The van der Waals surface area contributed by atoms with Gasteiger partial charge in [0.05, 0.1) is 36.2 Å². The molecule has 1 aliphatic carbocycles. The number of aliphatic hydroxyl groups excluding tert-OH is 1. The number of benzene rings is 4. The van der Waals surface area contributed by atoms with Crippen LogP contribution in [0.3, 0.4) is 0 Å². The predicted molar refractivity (Wildman–Crippen MR) is 253 cm³/mol. The van der Waals surface area contributed by atoms with Crippen molar-refractivity contribution in [3.8, 4) is 11.1 Å².